The van der Waals surface area contributed by atoms with Crippen molar-refractivity contribution < 1.29 is 91.9 Å². The van der Waals surface area contributed by atoms with Gasteiger partial charge in [-0.1, -0.05) is 131 Å². The van der Waals surface area contributed by atoms with E-state index in [0.717, 1.165) is 64.4 Å². The van der Waals surface area contributed by atoms with Crippen LogP contribution in [0.15, 0.2) is 150 Å². The number of amides is 1. The first kappa shape index (κ1) is 72.4. The summed E-state index contributed by atoms with van der Waals surface area (Å²) in [6.45, 7) is 16.7. The highest BCUT2D eigenvalue weighted by atomic mass is 16.6. The van der Waals surface area contributed by atoms with E-state index in [2.05, 4.69) is 37.9 Å². The Morgan fingerprint density at radius 2 is 1.42 bits per heavy atom. The highest BCUT2D eigenvalue weighted by Crippen LogP contribution is 2.66. The van der Waals surface area contributed by atoms with E-state index >= 15 is 4.79 Å². The largest absolute Gasteiger partial charge is 0.462 e. The molecule has 18 atom stereocenters. The topological polar surface area (TPSA) is 294 Å². The number of carbonyl (C=O) groups is 8. The predicted molar refractivity (Wildman–Crippen MR) is 361 cm³/mol. The highest BCUT2D eigenvalue weighted by molar-refractivity contribution is 5.97. The fourth-order valence-corrected chi connectivity index (χ4v) is 17.9. The number of ketones is 1. The fourth-order valence-electron chi connectivity index (χ4n) is 17.9. The van der Waals surface area contributed by atoms with E-state index in [4.69, 9.17) is 33.2 Å². The van der Waals surface area contributed by atoms with Gasteiger partial charge in [-0.05, 0) is 146 Å². The number of fused-ring (bicyclic) bond motifs is 6. The van der Waals surface area contributed by atoms with Crippen molar-refractivity contribution in [1.82, 2.24) is 5.32 Å². The number of allylic oxidation sites excluding steroid dienone is 4. The number of hydrogen-bond acceptors (Lipinski definition) is 19. The Morgan fingerprint density at radius 1 is 0.778 bits per heavy atom. The first-order valence-electron chi connectivity index (χ1n) is 35.1. The normalized spacial score (nSPS) is 33.6. The van der Waals surface area contributed by atoms with Crippen LogP contribution >= 0.6 is 0 Å². The van der Waals surface area contributed by atoms with Crippen LogP contribution in [0.2, 0.25) is 0 Å². The number of aliphatic hydroxyl groups excluding tert-OH is 3. The zero-order valence-electron chi connectivity index (χ0n) is 57.9. The number of benzene rings is 3. The molecule has 2 bridgehead atoms. The number of aliphatic hydroxyl groups is 4. The van der Waals surface area contributed by atoms with Gasteiger partial charge in [0.1, 0.15) is 36.1 Å². The van der Waals surface area contributed by atoms with Gasteiger partial charge in [0.05, 0.1) is 41.8 Å². The summed E-state index contributed by atoms with van der Waals surface area (Å²) >= 11 is 0. The lowest BCUT2D eigenvalue weighted by Gasteiger charge is -2.67. The zero-order chi connectivity index (χ0) is 71.1. The molecule has 14 unspecified atom stereocenters. The number of carbonyl (C=O) groups excluding carboxylic acids is 8. The quantitative estimate of drug-likeness (QED) is 0.0376. The van der Waals surface area contributed by atoms with Gasteiger partial charge in [-0.3, -0.25) is 28.8 Å². The molecule has 0 aromatic heterocycles. The van der Waals surface area contributed by atoms with Gasteiger partial charge < -0.3 is 58.9 Å². The molecule has 6 saturated carbocycles. The first-order valence-corrected chi connectivity index (χ1v) is 35.1. The molecule has 0 radical (unpaired) electrons. The lowest BCUT2D eigenvalue weighted by Crippen LogP contribution is -2.82. The third-order valence-corrected chi connectivity index (χ3v) is 23.4. The minimum atomic E-state index is -2.54. The second kappa shape index (κ2) is 29.0. The summed E-state index contributed by atoms with van der Waals surface area (Å²) in [5.41, 5.74) is -5.14. The van der Waals surface area contributed by atoms with Crippen molar-refractivity contribution >= 4 is 47.5 Å². The number of nitrogens with one attached hydrogen (secondary N) is 1. The Balaban J connectivity index is 0.857. The van der Waals surface area contributed by atoms with Crippen molar-refractivity contribution in [3.63, 3.8) is 0 Å². The molecule has 1 heterocycles. The van der Waals surface area contributed by atoms with E-state index in [1.807, 2.05) is 12.2 Å². The van der Waals surface area contributed by atoms with Crippen molar-refractivity contribution in [3.05, 3.63) is 166 Å². The Bertz CT molecular complexity index is 3720. The molecular formula is C79H95NO19. The van der Waals surface area contributed by atoms with Crippen LogP contribution in [0.25, 0.3) is 0 Å². The van der Waals surface area contributed by atoms with Crippen LogP contribution in [-0.4, -0.2) is 141 Å². The van der Waals surface area contributed by atoms with Crippen molar-refractivity contribution in [3.8, 4) is 0 Å². The molecule has 1 saturated heterocycles. The van der Waals surface area contributed by atoms with Crippen LogP contribution in [0, 0.1) is 45.8 Å². The van der Waals surface area contributed by atoms with Crippen molar-refractivity contribution in [2.75, 3.05) is 6.61 Å². The number of Topliss-reactive ketones (excluding diaryl/α,β-unsaturated/α-hetero) is 1. The standard InChI is InChI=1S/C79H95NO19/c1-44(30-37-58(83)50-32-33-50)56-35-36-57-49(27-20-38-76(56,57)8)31-34-54-39-55(40-59(84)45(54)2)95-63(85)28-19-29-64(86)97-61-41-62-78(43-93-62,99-48(5)82)69-71(98-73(90)53-25-17-12-18-26-53)79(92)42-60(46(3)65(75(79,6)7)68(94-47(4)81)70(88)77(61,69)9)96-74(91)67(87)66(51-21-13-10-14-22-51)80-72(89)52-23-15-11-16-24-52/h10-18,21-26,30-31,34,37,44,50,55-62,66-69,71,83-84,87,92H,2,19-20,27-29,32-33,35-36,38-43H2,1,3-9H3,(H,80,89)/b37-30+,49-31+,54-34-/t44-,55+,56?,57?,58?,59-,60?,61?,62?,66?,67?,68?,69?,71?,76+,77?,78?,79?/m0/s1. The number of esters is 6. The van der Waals surface area contributed by atoms with E-state index in [1.54, 1.807) is 92.7 Å². The second-order valence-electron chi connectivity index (χ2n) is 29.9. The van der Waals surface area contributed by atoms with Crippen LogP contribution < -0.4 is 5.32 Å². The van der Waals surface area contributed by atoms with Crippen molar-refractivity contribution in [2.45, 2.75) is 217 Å². The molecule has 5 N–H and O–H groups in total. The van der Waals surface area contributed by atoms with E-state index in [9.17, 15) is 54.0 Å². The summed E-state index contributed by atoms with van der Waals surface area (Å²) in [5, 5.41) is 51.0. The first-order chi connectivity index (χ1) is 47.0. The van der Waals surface area contributed by atoms with Crippen LogP contribution in [0.1, 0.15) is 178 Å². The Morgan fingerprint density at radius 3 is 2.05 bits per heavy atom. The third kappa shape index (κ3) is 14.2. The molecule has 7 fully saturated rings. The molecule has 0 spiro atoms. The van der Waals surface area contributed by atoms with E-state index < -0.39 is 143 Å². The SMILES string of the molecule is C=C1/C(=C\C=C2/CCC[C@@]3(C)C2CCC3[C@@H](C)/C=C/C(O)C2CC2)C[C@@H](OC(=O)CCCC(=O)OC2CC3OCC3(OC(C)=O)C3C(OC(=O)c4ccccc4)C4(O)CC(OC(=O)C(O)C(NC(=O)c5ccccc5)c5ccccc5)C(C)=C(C(OC(C)=O)C(=O)C23C)C4(C)C)C[C@@H]1O. The zero-order valence-corrected chi connectivity index (χ0v) is 57.9. The Kier molecular flexibility index (Phi) is 21.2. The maximum Gasteiger partial charge on any atom is 0.338 e. The highest BCUT2D eigenvalue weighted by Gasteiger charge is 2.79. The van der Waals surface area contributed by atoms with Gasteiger partial charge in [0, 0.05) is 63.4 Å². The van der Waals surface area contributed by atoms with Gasteiger partial charge in [-0.15, -0.1) is 0 Å². The number of rotatable bonds is 21. The van der Waals surface area contributed by atoms with Gasteiger partial charge >= 0.3 is 35.8 Å². The number of hydrogen-bond donors (Lipinski definition) is 5. The predicted octanol–water partition coefficient (Wildman–Crippen LogP) is 10.1. The lowest BCUT2D eigenvalue weighted by atomic mass is 9.44. The minimum Gasteiger partial charge on any atom is -0.462 e. The van der Waals surface area contributed by atoms with Gasteiger partial charge in [0.25, 0.3) is 5.91 Å². The lowest BCUT2D eigenvalue weighted by molar-refractivity contribution is -0.346. The third-order valence-electron chi connectivity index (χ3n) is 23.4. The number of ether oxygens (including phenoxy) is 7. The van der Waals surface area contributed by atoms with Gasteiger partial charge in [0.15, 0.2) is 23.6 Å². The fraction of sp³-hybridized carbons (Fsp3) is 0.544. The van der Waals surface area contributed by atoms with Gasteiger partial charge in [-0.25, -0.2) is 9.59 Å². The second-order valence-corrected chi connectivity index (χ2v) is 29.9. The average molecular weight is 1360 g/mol. The minimum absolute atomic E-state index is 0.00530. The molecule has 99 heavy (non-hydrogen) atoms. The monoisotopic (exact) mass is 1360 g/mol. The molecule has 530 valence electrons. The van der Waals surface area contributed by atoms with Gasteiger partial charge in [-0.2, -0.15) is 0 Å². The van der Waals surface area contributed by atoms with Gasteiger partial charge in [0.2, 0.25) is 0 Å². The summed E-state index contributed by atoms with van der Waals surface area (Å²) in [5.74, 6) is -7.32. The molecule has 7 aliphatic carbocycles. The molecule has 11 rings (SSSR count). The van der Waals surface area contributed by atoms with Crippen LogP contribution in [0.4, 0.5) is 0 Å². The Hall–Kier alpha value is -7.88. The van der Waals surface area contributed by atoms with Crippen LogP contribution in [-0.2, 0) is 61.9 Å². The summed E-state index contributed by atoms with van der Waals surface area (Å²) in [6, 6.07) is 22.7. The summed E-state index contributed by atoms with van der Waals surface area (Å²) in [4.78, 5) is 115. The molecule has 8 aliphatic rings. The van der Waals surface area contributed by atoms with Crippen LogP contribution in [0.3, 0.4) is 0 Å². The molecule has 20 nitrogen and oxygen atoms in total. The molecule has 3 aromatic rings. The smallest absolute Gasteiger partial charge is 0.338 e. The maximum atomic E-state index is 16.6. The summed E-state index contributed by atoms with van der Waals surface area (Å²) < 4.78 is 43.9. The van der Waals surface area contributed by atoms with Crippen molar-refractivity contribution in [2.24, 2.45) is 45.8 Å². The molecule has 3 aromatic carbocycles. The maximum absolute atomic E-state index is 16.6. The summed E-state index contributed by atoms with van der Waals surface area (Å²) in [7, 11) is 0. The molecule has 20 heteroatoms. The summed E-state index contributed by atoms with van der Waals surface area (Å²) in [6.07, 6.45) is 2.21. The average Bonchev–Trinajstić information content (AvgIpc) is 1.18. The van der Waals surface area contributed by atoms with Crippen LogP contribution in [0.5, 0.6) is 0 Å². The van der Waals surface area contributed by atoms with E-state index in [-0.39, 0.29) is 65.9 Å². The molecule has 1 amide bonds. The Labute approximate surface area is 578 Å². The van der Waals surface area contributed by atoms with E-state index in [0.29, 0.717) is 41.2 Å². The van der Waals surface area contributed by atoms with Crippen molar-refractivity contribution in [1.29, 1.82) is 0 Å². The molecular weight excluding hydrogens is 1270 g/mol. The van der Waals surface area contributed by atoms with E-state index in [1.165, 1.54) is 31.6 Å². The molecule has 1 aliphatic heterocycles.